The number of carbonyl (C=O) groups is 1. The van der Waals surface area contributed by atoms with Gasteiger partial charge in [0, 0.05) is 30.8 Å². The van der Waals surface area contributed by atoms with Crippen molar-refractivity contribution >= 4 is 11.6 Å². The molecular formula is C14H17F3N2O3. The van der Waals surface area contributed by atoms with Gasteiger partial charge in [-0.1, -0.05) is 6.07 Å². The Morgan fingerprint density at radius 3 is 2.95 bits per heavy atom. The monoisotopic (exact) mass is 318 g/mol. The fourth-order valence-corrected chi connectivity index (χ4v) is 2.02. The number of halogens is 3. The molecule has 0 aromatic heterocycles. The SMILES string of the molecule is O=C(CC1COCCN1)Nc1cccc(OCC(F)(F)F)c1. The third-order valence-corrected chi connectivity index (χ3v) is 2.95. The Labute approximate surface area is 125 Å². The maximum absolute atomic E-state index is 12.1. The molecule has 1 atom stereocenters. The Bertz CT molecular complexity index is 502. The molecule has 0 radical (unpaired) electrons. The van der Waals surface area contributed by atoms with Gasteiger partial charge < -0.3 is 20.1 Å². The van der Waals surface area contributed by atoms with Crippen LogP contribution in [0.1, 0.15) is 6.42 Å². The van der Waals surface area contributed by atoms with Crippen LogP contribution in [0, 0.1) is 0 Å². The number of rotatable bonds is 5. The molecule has 8 heteroatoms. The van der Waals surface area contributed by atoms with E-state index < -0.39 is 12.8 Å². The molecule has 0 spiro atoms. The number of benzene rings is 1. The molecule has 1 aliphatic heterocycles. The van der Waals surface area contributed by atoms with Crippen LogP contribution < -0.4 is 15.4 Å². The van der Waals surface area contributed by atoms with Crippen LogP contribution in [0.5, 0.6) is 5.75 Å². The zero-order chi connectivity index (χ0) is 16.0. The number of amides is 1. The van der Waals surface area contributed by atoms with Gasteiger partial charge in [-0.15, -0.1) is 0 Å². The summed E-state index contributed by atoms with van der Waals surface area (Å²) in [4.78, 5) is 11.9. The van der Waals surface area contributed by atoms with Crippen LogP contribution in [0.2, 0.25) is 0 Å². The molecule has 1 unspecified atom stereocenters. The molecule has 1 heterocycles. The number of morpholine rings is 1. The Kier molecular flexibility index (Phi) is 5.62. The van der Waals surface area contributed by atoms with Gasteiger partial charge >= 0.3 is 6.18 Å². The molecule has 2 rings (SSSR count). The number of anilines is 1. The molecule has 22 heavy (non-hydrogen) atoms. The van der Waals surface area contributed by atoms with Crippen molar-refractivity contribution in [3.05, 3.63) is 24.3 Å². The second-order valence-electron chi connectivity index (χ2n) is 4.91. The van der Waals surface area contributed by atoms with Crippen LogP contribution in [-0.2, 0) is 9.53 Å². The van der Waals surface area contributed by atoms with E-state index in [9.17, 15) is 18.0 Å². The quantitative estimate of drug-likeness (QED) is 0.871. The number of carbonyl (C=O) groups excluding carboxylic acids is 1. The number of hydrogen-bond acceptors (Lipinski definition) is 4. The smallest absolute Gasteiger partial charge is 0.422 e. The van der Waals surface area contributed by atoms with Gasteiger partial charge in [-0.05, 0) is 12.1 Å². The van der Waals surface area contributed by atoms with Crippen LogP contribution in [0.25, 0.3) is 0 Å². The Hall–Kier alpha value is -1.80. The summed E-state index contributed by atoms with van der Waals surface area (Å²) in [5.41, 5.74) is 0.390. The highest BCUT2D eigenvalue weighted by Crippen LogP contribution is 2.21. The fourth-order valence-electron chi connectivity index (χ4n) is 2.02. The van der Waals surface area contributed by atoms with Gasteiger partial charge in [0.05, 0.1) is 13.2 Å². The van der Waals surface area contributed by atoms with E-state index in [2.05, 4.69) is 15.4 Å². The molecule has 1 saturated heterocycles. The highest BCUT2D eigenvalue weighted by molar-refractivity contribution is 5.91. The Morgan fingerprint density at radius 1 is 1.45 bits per heavy atom. The normalized spacial score (nSPS) is 18.8. The van der Waals surface area contributed by atoms with Crippen LogP contribution in [0.4, 0.5) is 18.9 Å². The molecule has 1 aromatic rings. The summed E-state index contributed by atoms with van der Waals surface area (Å²) in [5.74, 6) is -0.190. The van der Waals surface area contributed by atoms with Gasteiger partial charge in [0.1, 0.15) is 5.75 Å². The zero-order valence-electron chi connectivity index (χ0n) is 11.8. The summed E-state index contributed by atoms with van der Waals surface area (Å²) in [7, 11) is 0. The molecule has 1 aliphatic rings. The average Bonchev–Trinajstić information content (AvgIpc) is 2.46. The number of alkyl halides is 3. The van der Waals surface area contributed by atoms with Gasteiger partial charge in [0.15, 0.2) is 6.61 Å². The van der Waals surface area contributed by atoms with Crippen molar-refractivity contribution in [3.63, 3.8) is 0 Å². The first-order valence-corrected chi connectivity index (χ1v) is 6.83. The van der Waals surface area contributed by atoms with Crippen LogP contribution >= 0.6 is 0 Å². The van der Waals surface area contributed by atoms with Gasteiger partial charge in [-0.2, -0.15) is 13.2 Å². The molecule has 1 fully saturated rings. The minimum Gasteiger partial charge on any atom is -0.484 e. The maximum atomic E-state index is 12.1. The van der Waals surface area contributed by atoms with Crippen molar-refractivity contribution in [3.8, 4) is 5.75 Å². The first kappa shape index (κ1) is 16.6. The minimum absolute atomic E-state index is 0.0502. The van der Waals surface area contributed by atoms with E-state index >= 15 is 0 Å². The lowest BCUT2D eigenvalue weighted by Gasteiger charge is -2.23. The first-order valence-electron chi connectivity index (χ1n) is 6.83. The molecule has 5 nitrogen and oxygen atoms in total. The standard InChI is InChI=1S/C14H17F3N2O3/c15-14(16,17)9-22-12-3-1-2-10(6-12)19-13(20)7-11-8-21-5-4-18-11/h1-3,6,11,18H,4-5,7-9H2,(H,19,20). The second-order valence-corrected chi connectivity index (χ2v) is 4.91. The lowest BCUT2D eigenvalue weighted by Crippen LogP contribution is -2.43. The van der Waals surface area contributed by atoms with Crippen molar-refractivity contribution in [1.82, 2.24) is 5.32 Å². The largest absolute Gasteiger partial charge is 0.484 e. The van der Waals surface area contributed by atoms with Gasteiger partial charge in [0.2, 0.25) is 5.91 Å². The molecule has 2 N–H and O–H groups in total. The summed E-state index contributed by atoms with van der Waals surface area (Å²) < 4.78 is 46.2. The predicted octanol–water partition coefficient (Wildman–Crippen LogP) is 1.94. The van der Waals surface area contributed by atoms with E-state index in [0.29, 0.717) is 25.4 Å². The van der Waals surface area contributed by atoms with Crippen molar-refractivity contribution in [2.45, 2.75) is 18.6 Å². The van der Waals surface area contributed by atoms with Crippen molar-refractivity contribution in [2.75, 3.05) is 31.7 Å². The number of hydrogen-bond donors (Lipinski definition) is 2. The molecule has 1 aromatic carbocycles. The van der Waals surface area contributed by atoms with E-state index in [0.717, 1.165) is 0 Å². The van der Waals surface area contributed by atoms with Crippen LogP contribution in [0.3, 0.4) is 0 Å². The predicted molar refractivity (Wildman–Crippen MR) is 73.8 cm³/mol. The highest BCUT2D eigenvalue weighted by atomic mass is 19.4. The highest BCUT2D eigenvalue weighted by Gasteiger charge is 2.28. The second kappa shape index (κ2) is 7.46. The summed E-state index contributed by atoms with van der Waals surface area (Å²) in [6.07, 6.45) is -4.17. The summed E-state index contributed by atoms with van der Waals surface area (Å²) >= 11 is 0. The third-order valence-electron chi connectivity index (χ3n) is 2.95. The Balaban J connectivity index is 1.85. The van der Waals surface area contributed by atoms with Gasteiger partial charge in [0.25, 0.3) is 0 Å². The van der Waals surface area contributed by atoms with Crippen LogP contribution in [0.15, 0.2) is 24.3 Å². The maximum Gasteiger partial charge on any atom is 0.422 e. The molecule has 1 amide bonds. The van der Waals surface area contributed by atoms with E-state index in [1.165, 1.54) is 18.2 Å². The average molecular weight is 318 g/mol. The number of ether oxygens (including phenoxy) is 2. The van der Waals surface area contributed by atoms with Crippen molar-refractivity contribution in [1.29, 1.82) is 0 Å². The molecular weight excluding hydrogens is 301 g/mol. The minimum atomic E-state index is -4.40. The van der Waals surface area contributed by atoms with E-state index in [1.54, 1.807) is 6.07 Å². The number of nitrogens with one attached hydrogen (secondary N) is 2. The summed E-state index contributed by atoms with van der Waals surface area (Å²) in [5, 5.41) is 5.78. The molecule has 0 aliphatic carbocycles. The van der Waals surface area contributed by atoms with E-state index in [4.69, 9.17) is 4.74 Å². The Morgan fingerprint density at radius 2 is 2.27 bits per heavy atom. The van der Waals surface area contributed by atoms with Gasteiger partial charge in [-0.3, -0.25) is 4.79 Å². The third kappa shape index (κ3) is 5.90. The zero-order valence-corrected chi connectivity index (χ0v) is 11.8. The van der Waals surface area contributed by atoms with E-state index in [1.807, 2.05) is 0 Å². The van der Waals surface area contributed by atoms with Crippen molar-refractivity contribution in [2.24, 2.45) is 0 Å². The molecule has 0 saturated carbocycles. The van der Waals surface area contributed by atoms with E-state index in [-0.39, 0.29) is 24.1 Å². The van der Waals surface area contributed by atoms with Crippen molar-refractivity contribution < 1.29 is 27.4 Å². The molecule has 0 bridgehead atoms. The summed E-state index contributed by atoms with van der Waals surface area (Å²) in [6, 6.07) is 5.80. The first-order chi connectivity index (χ1) is 10.4. The lowest BCUT2D eigenvalue weighted by atomic mass is 10.2. The molecule has 122 valence electrons. The topological polar surface area (TPSA) is 59.6 Å². The fraction of sp³-hybridized carbons (Fsp3) is 0.500. The van der Waals surface area contributed by atoms with Crippen LogP contribution in [-0.4, -0.2) is 44.5 Å². The summed E-state index contributed by atoms with van der Waals surface area (Å²) in [6.45, 7) is 0.408. The van der Waals surface area contributed by atoms with Gasteiger partial charge in [-0.25, -0.2) is 0 Å². The lowest BCUT2D eigenvalue weighted by molar-refractivity contribution is -0.153.